The van der Waals surface area contributed by atoms with Crippen LogP contribution in [0.2, 0.25) is 0 Å². The Kier molecular flexibility index (Phi) is 6.14. The van der Waals surface area contributed by atoms with Gasteiger partial charge in [-0.25, -0.2) is 4.98 Å². The molecule has 1 atom stereocenters. The molecule has 170 valence electrons. The number of H-pyrrole nitrogens is 1. The molecule has 3 N–H and O–H groups in total. The molecule has 0 fully saturated rings. The van der Waals surface area contributed by atoms with Crippen LogP contribution in [0.25, 0.3) is 22.2 Å². The molecule has 0 radical (unpaired) electrons. The number of aromatic hydroxyl groups is 1. The van der Waals surface area contributed by atoms with Crippen LogP contribution in [0.15, 0.2) is 85.1 Å². The van der Waals surface area contributed by atoms with Gasteiger partial charge in [-0.05, 0) is 42.7 Å². The van der Waals surface area contributed by atoms with E-state index in [1.165, 1.54) is 0 Å². The number of thiazole rings is 1. The van der Waals surface area contributed by atoms with Crippen LogP contribution < -0.4 is 5.32 Å². The van der Waals surface area contributed by atoms with Crippen molar-refractivity contribution < 1.29 is 9.90 Å². The average molecular weight is 468 g/mol. The number of rotatable bonds is 7. The molecule has 5 aromatic rings. The maximum absolute atomic E-state index is 13.3. The Morgan fingerprint density at radius 2 is 1.79 bits per heavy atom. The summed E-state index contributed by atoms with van der Waals surface area (Å²) in [6.45, 7) is 2.00. The SMILES string of the molecule is Cc1nc(-c2ccccc2)c(C(Cc2ccccc2)NC(=O)Cc2c[nH]c3ccc(O)cc23)s1. The number of aryl methyl sites for hydroxylation is 1. The molecule has 1 unspecified atom stereocenters. The third-order valence-corrected chi connectivity index (χ3v) is 6.93. The maximum atomic E-state index is 13.3. The summed E-state index contributed by atoms with van der Waals surface area (Å²) < 4.78 is 0. The summed E-state index contributed by atoms with van der Waals surface area (Å²) in [7, 11) is 0. The zero-order valence-corrected chi connectivity index (χ0v) is 19.6. The molecular formula is C28H25N3O2S. The van der Waals surface area contributed by atoms with Crippen molar-refractivity contribution in [2.24, 2.45) is 0 Å². The van der Waals surface area contributed by atoms with Crippen LogP contribution in [0.3, 0.4) is 0 Å². The number of hydrogen-bond acceptors (Lipinski definition) is 4. The lowest BCUT2D eigenvalue weighted by atomic mass is 10.0. The van der Waals surface area contributed by atoms with Crippen LogP contribution >= 0.6 is 11.3 Å². The van der Waals surface area contributed by atoms with E-state index in [4.69, 9.17) is 4.98 Å². The smallest absolute Gasteiger partial charge is 0.225 e. The number of aromatic nitrogens is 2. The van der Waals surface area contributed by atoms with Crippen LogP contribution in [-0.2, 0) is 17.6 Å². The molecular weight excluding hydrogens is 442 g/mol. The zero-order chi connectivity index (χ0) is 23.5. The van der Waals surface area contributed by atoms with Crippen molar-refractivity contribution in [3.8, 4) is 17.0 Å². The van der Waals surface area contributed by atoms with E-state index in [2.05, 4.69) is 34.6 Å². The predicted octanol–water partition coefficient (Wildman–Crippen LogP) is 5.95. The Balaban J connectivity index is 1.46. The molecule has 3 aromatic carbocycles. The van der Waals surface area contributed by atoms with Gasteiger partial charge in [-0.1, -0.05) is 60.7 Å². The number of fused-ring (bicyclic) bond motifs is 1. The van der Waals surface area contributed by atoms with E-state index in [1.54, 1.807) is 23.5 Å². The quantitative estimate of drug-likeness (QED) is 0.277. The first-order chi connectivity index (χ1) is 16.6. The highest BCUT2D eigenvalue weighted by Gasteiger charge is 2.23. The Hall–Kier alpha value is -3.90. The molecule has 0 saturated heterocycles. The average Bonchev–Trinajstić information content (AvgIpc) is 3.43. The number of hydrogen-bond donors (Lipinski definition) is 3. The van der Waals surface area contributed by atoms with Crippen molar-refractivity contribution >= 4 is 28.1 Å². The lowest BCUT2D eigenvalue weighted by Gasteiger charge is -2.19. The van der Waals surface area contributed by atoms with Gasteiger partial charge >= 0.3 is 0 Å². The van der Waals surface area contributed by atoms with E-state index in [0.717, 1.165) is 43.2 Å². The molecule has 0 saturated carbocycles. The van der Waals surface area contributed by atoms with Crippen molar-refractivity contribution in [3.05, 3.63) is 106 Å². The minimum Gasteiger partial charge on any atom is -0.508 e. The molecule has 2 heterocycles. The molecule has 0 aliphatic carbocycles. The van der Waals surface area contributed by atoms with Gasteiger partial charge in [0.25, 0.3) is 0 Å². The Bertz CT molecular complexity index is 1420. The number of aromatic amines is 1. The first kappa shape index (κ1) is 21.9. The third kappa shape index (κ3) is 4.72. The number of amides is 1. The number of nitrogens with one attached hydrogen (secondary N) is 2. The molecule has 1 amide bonds. The summed E-state index contributed by atoms with van der Waals surface area (Å²) in [5, 5.41) is 15.0. The highest BCUT2D eigenvalue weighted by atomic mass is 32.1. The maximum Gasteiger partial charge on any atom is 0.225 e. The Morgan fingerprint density at radius 1 is 1.06 bits per heavy atom. The fourth-order valence-corrected chi connectivity index (χ4v) is 5.27. The topological polar surface area (TPSA) is 78.0 Å². The van der Waals surface area contributed by atoms with Crippen LogP contribution in [0, 0.1) is 6.92 Å². The summed E-state index contributed by atoms with van der Waals surface area (Å²) >= 11 is 1.63. The molecule has 6 heteroatoms. The number of carbonyl (C=O) groups is 1. The highest BCUT2D eigenvalue weighted by molar-refractivity contribution is 7.12. The van der Waals surface area contributed by atoms with Gasteiger partial charge < -0.3 is 15.4 Å². The molecule has 2 aromatic heterocycles. The Morgan fingerprint density at radius 3 is 2.56 bits per heavy atom. The van der Waals surface area contributed by atoms with Crippen LogP contribution in [0.1, 0.15) is 27.1 Å². The van der Waals surface area contributed by atoms with E-state index >= 15 is 0 Å². The van der Waals surface area contributed by atoms with Gasteiger partial charge in [0.1, 0.15) is 5.75 Å². The van der Waals surface area contributed by atoms with Gasteiger partial charge in [-0.3, -0.25) is 4.79 Å². The number of nitrogens with zero attached hydrogens (tertiary/aromatic N) is 1. The fraction of sp³-hybridized carbons (Fsp3) is 0.143. The summed E-state index contributed by atoms with van der Waals surface area (Å²) in [4.78, 5) is 22.3. The minimum atomic E-state index is -0.213. The molecule has 0 aliphatic heterocycles. The third-order valence-electron chi connectivity index (χ3n) is 5.84. The van der Waals surface area contributed by atoms with E-state index in [1.807, 2.05) is 55.6 Å². The predicted molar refractivity (Wildman–Crippen MR) is 137 cm³/mol. The van der Waals surface area contributed by atoms with Crippen LogP contribution in [0.5, 0.6) is 5.75 Å². The van der Waals surface area contributed by atoms with Crippen molar-refractivity contribution in [1.29, 1.82) is 0 Å². The number of carbonyl (C=O) groups excluding carboxylic acids is 1. The van der Waals surface area contributed by atoms with E-state index in [-0.39, 0.29) is 24.1 Å². The normalized spacial score (nSPS) is 12.0. The largest absolute Gasteiger partial charge is 0.508 e. The van der Waals surface area contributed by atoms with E-state index < -0.39 is 0 Å². The monoisotopic (exact) mass is 467 g/mol. The minimum absolute atomic E-state index is 0.0739. The van der Waals surface area contributed by atoms with Gasteiger partial charge in [-0.2, -0.15) is 0 Å². The summed E-state index contributed by atoms with van der Waals surface area (Å²) in [6.07, 6.45) is 2.72. The van der Waals surface area contributed by atoms with Gasteiger partial charge in [-0.15, -0.1) is 11.3 Å². The zero-order valence-electron chi connectivity index (χ0n) is 18.8. The first-order valence-electron chi connectivity index (χ1n) is 11.2. The van der Waals surface area contributed by atoms with Gasteiger partial charge in [0.15, 0.2) is 0 Å². The first-order valence-corrected chi connectivity index (χ1v) is 12.0. The van der Waals surface area contributed by atoms with E-state index in [0.29, 0.717) is 6.42 Å². The van der Waals surface area contributed by atoms with Gasteiger partial charge in [0, 0.05) is 22.7 Å². The summed E-state index contributed by atoms with van der Waals surface area (Å²) in [5.41, 5.74) is 4.86. The summed E-state index contributed by atoms with van der Waals surface area (Å²) in [6, 6.07) is 25.2. The van der Waals surface area contributed by atoms with Gasteiger partial charge in [0.05, 0.1) is 28.0 Å². The lowest BCUT2D eigenvalue weighted by Crippen LogP contribution is -2.31. The molecule has 0 spiro atoms. The Labute approximate surface area is 202 Å². The van der Waals surface area contributed by atoms with Crippen LogP contribution in [0.4, 0.5) is 0 Å². The molecule has 5 rings (SSSR count). The summed E-state index contributed by atoms with van der Waals surface area (Å²) in [5.74, 6) is 0.110. The fourth-order valence-electron chi connectivity index (χ4n) is 4.27. The van der Waals surface area contributed by atoms with Crippen molar-refractivity contribution in [1.82, 2.24) is 15.3 Å². The lowest BCUT2D eigenvalue weighted by molar-refractivity contribution is -0.121. The number of phenols is 1. The molecule has 5 nitrogen and oxygen atoms in total. The van der Waals surface area contributed by atoms with Crippen molar-refractivity contribution in [3.63, 3.8) is 0 Å². The molecule has 0 bridgehead atoms. The second kappa shape index (κ2) is 9.53. The van der Waals surface area contributed by atoms with E-state index in [9.17, 15) is 9.90 Å². The number of benzene rings is 3. The molecule has 0 aliphatic rings. The van der Waals surface area contributed by atoms with Crippen molar-refractivity contribution in [2.75, 3.05) is 0 Å². The number of phenolic OH excluding ortho intramolecular Hbond substituents is 1. The second-order valence-corrected chi connectivity index (χ2v) is 9.58. The molecule has 34 heavy (non-hydrogen) atoms. The highest BCUT2D eigenvalue weighted by Crippen LogP contribution is 2.34. The van der Waals surface area contributed by atoms with Crippen molar-refractivity contribution in [2.45, 2.75) is 25.8 Å². The standard InChI is InChI=1S/C28H25N3O2S/c1-18-30-27(20-10-6-3-7-11-20)28(34-18)25(14-19-8-4-2-5-9-19)31-26(33)15-21-17-29-24-13-12-22(32)16-23(21)24/h2-13,16-17,25,29,32H,14-15H2,1H3,(H,31,33). The van der Waals surface area contributed by atoms with Crippen LogP contribution in [-0.4, -0.2) is 21.0 Å². The second-order valence-electron chi connectivity index (χ2n) is 8.34. The van der Waals surface area contributed by atoms with Gasteiger partial charge in [0.2, 0.25) is 5.91 Å².